The number of benzene rings is 2. The van der Waals surface area contributed by atoms with Crippen molar-refractivity contribution in [2.75, 3.05) is 33.2 Å². The first-order valence-corrected chi connectivity index (χ1v) is 11.0. The lowest BCUT2D eigenvalue weighted by Crippen LogP contribution is -2.52. The molecule has 1 aliphatic rings. The molecule has 170 valence electrons. The minimum atomic E-state index is 0. The number of aromatic nitrogens is 3. The lowest BCUT2D eigenvalue weighted by molar-refractivity contribution is 0.127. The van der Waals surface area contributed by atoms with Crippen molar-refractivity contribution in [1.29, 1.82) is 0 Å². The molecule has 32 heavy (non-hydrogen) atoms. The van der Waals surface area contributed by atoms with Gasteiger partial charge in [0.15, 0.2) is 11.8 Å². The van der Waals surface area contributed by atoms with Crippen LogP contribution in [0.5, 0.6) is 0 Å². The Hall–Kier alpha value is -2.46. The van der Waals surface area contributed by atoms with Crippen molar-refractivity contribution in [3.05, 3.63) is 72.1 Å². The van der Waals surface area contributed by atoms with Gasteiger partial charge in [-0.25, -0.2) is 4.98 Å². The van der Waals surface area contributed by atoms with Crippen LogP contribution in [-0.4, -0.2) is 64.2 Å². The summed E-state index contributed by atoms with van der Waals surface area (Å²) in [6.45, 7) is 7.01. The van der Waals surface area contributed by atoms with E-state index in [1.807, 2.05) is 19.2 Å². The Labute approximate surface area is 207 Å². The Bertz CT molecular complexity index is 967. The van der Waals surface area contributed by atoms with Crippen molar-refractivity contribution in [2.24, 2.45) is 4.99 Å². The third-order valence-electron chi connectivity index (χ3n) is 5.90. The van der Waals surface area contributed by atoms with Crippen LogP contribution in [0.15, 0.2) is 65.9 Å². The van der Waals surface area contributed by atoms with Crippen LogP contribution in [0.1, 0.15) is 30.5 Å². The van der Waals surface area contributed by atoms with E-state index in [0.29, 0.717) is 6.04 Å². The number of aromatic amines is 1. The van der Waals surface area contributed by atoms with Gasteiger partial charge in [-0.15, -0.1) is 24.0 Å². The smallest absolute Gasteiger partial charge is 0.194 e. The van der Waals surface area contributed by atoms with Gasteiger partial charge in [-0.1, -0.05) is 55.5 Å². The van der Waals surface area contributed by atoms with Gasteiger partial charge in [0.1, 0.15) is 6.33 Å². The molecule has 7 nitrogen and oxygen atoms in total. The average Bonchev–Trinajstić information content (AvgIpc) is 3.37. The van der Waals surface area contributed by atoms with Crippen molar-refractivity contribution in [1.82, 2.24) is 30.3 Å². The van der Waals surface area contributed by atoms with Crippen LogP contribution in [0.2, 0.25) is 0 Å². The van der Waals surface area contributed by atoms with Crippen LogP contribution in [-0.2, 0) is 6.54 Å². The van der Waals surface area contributed by atoms with Gasteiger partial charge in [0.05, 0.1) is 0 Å². The van der Waals surface area contributed by atoms with Crippen LogP contribution >= 0.6 is 24.0 Å². The first-order chi connectivity index (χ1) is 15.3. The third kappa shape index (κ3) is 5.86. The van der Waals surface area contributed by atoms with E-state index < -0.39 is 0 Å². The van der Waals surface area contributed by atoms with Crippen molar-refractivity contribution >= 4 is 29.9 Å². The van der Waals surface area contributed by atoms with E-state index in [2.05, 4.69) is 84.7 Å². The molecule has 4 rings (SSSR count). The Morgan fingerprint density at radius 3 is 2.53 bits per heavy atom. The SMILES string of the molecule is CCC(c1ccccc1)N1CCN(C(=NC)NCc2cccc(-c3ncn[nH]3)c2)CC1.I. The van der Waals surface area contributed by atoms with E-state index in [9.17, 15) is 0 Å². The number of aliphatic imine (C=N–C) groups is 1. The Morgan fingerprint density at radius 1 is 1.09 bits per heavy atom. The van der Waals surface area contributed by atoms with E-state index >= 15 is 0 Å². The summed E-state index contributed by atoms with van der Waals surface area (Å²) in [7, 11) is 1.86. The maximum atomic E-state index is 4.53. The fourth-order valence-electron chi connectivity index (χ4n) is 4.31. The summed E-state index contributed by atoms with van der Waals surface area (Å²) in [6.07, 6.45) is 2.65. The number of H-pyrrole nitrogens is 1. The third-order valence-corrected chi connectivity index (χ3v) is 5.90. The summed E-state index contributed by atoms with van der Waals surface area (Å²) in [5.74, 6) is 1.74. The largest absolute Gasteiger partial charge is 0.352 e. The second kappa shape index (κ2) is 12.0. The predicted molar refractivity (Wildman–Crippen MR) is 140 cm³/mol. The zero-order valence-electron chi connectivity index (χ0n) is 18.7. The predicted octanol–water partition coefficient (Wildman–Crippen LogP) is 3.93. The minimum absolute atomic E-state index is 0. The Morgan fingerprint density at radius 2 is 1.88 bits per heavy atom. The lowest BCUT2D eigenvalue weighted by Gasteiger charge is -2.40. The minimum Gasteiger partial charge on any atom is -0.352 e. The van der Waals surface area contributed by atoms with Crippen LogP contribution in [0, 0.1) is 0 Å². The normalized spacial score (nSPS) is 15.8. The van der Waals surface area contributed by atoms with Gasteiger partial charge in [0.2, 0.25) is 0 Å². The Kier molecular flexibility index (Phi) is 9.04. The molecule has 1 atom stereocenters. The van der Waals surface area contributed by atoms with Gasteiger partial charge in [-0.05, 0) is 23.6 Å². The summed E-state index contributed by atoms with van der Waals surface area (Å²) >= 11 is 0. The van der Waals surface area contributed by atoms with Crippen molar-refractivity contribution in [2.45, 2.75) is 25.9 Å². The number of hydrogen-bond donors (Lipinski definition) is 2. The summed E-state index contributed by atoms with van der Waals surface area (Å²) in [4.78, 5) is 13.7. The highest BCUT2D eigenvalue weighted by Crippen LogP contribution is 2.25. The van der Waals surface area contributed by atoms with Gasteiger partial charge < -0.3 is 10.2 Å². The number of halogens is 1. The van der Waals surface area contributed by atoms with Gasteiger partial charge in [0.25, 0.3) is 0 Å². The van der Waals surface area contributed by atoms with Crippen LogP contribution in [0.3, 0.4) is 0 Å². The standard InChI is InChI=1S/C24H31N7.HI/c1-3-22(20-9-5-4-6-10-20)30-12-14-31(15-13-30)24(25-2)26-17-19-8-7-11-21(16-19)23-27-18-28-29-23;/h4-11,16,18,22H,3,12-15,17H2,1-2H3,(H,25,26)(H,27,28,29);1H. The molecule has 0 saturated carbocycles. The van der Waals surface area contributed by atoms with Gasteiger partial charge in [-0.2, -0.15) is 5.10 Å². The molecule has 1 unspecified atom stereocenters. The molecule has 2 aromatic carbocycles. The lowest BCUT2D eigenvalue weighted by atomic mass is 10.0. The van der Waals surface area contributed by atoms with Gasteiger partial charge >= 0.3 is 0 Å². The zero-order valence-corrected chi connectivity index (χ0v) is 21.1. The molecule has 2 heterocycles. The molecular formula is C24H32IN7. The molecule has 2 N–H and O–H groups in total. The summed E-state index contributed by atoms with van der Waals surface area (Å²) in [5, 5.41) is 10.4. The highest BCUT2D eigenvalue weighted by Gasteiger charge is 2.25. The number of nitrogens with one attached hydrogen (secondary N) is 2. The molecule has 1 aromatic heterocycles. The monoisotopic (exact) mass is 545 g/mol. The van der Waals surface area contributed by atoms with Crippen molar-refractivity contribution in [3.8, 4) is 11.4 Å². The van der Waals surface area contributed by atoms with E-state index in [1.165, 1.54) is 17.5 Å². The molecule has 8 heteroatoms. The molecule has 0 radical (unpaired) electrons. The summed E-state index contributed by atoms with van der Waals surface area (Å²) < 4.78 is 0. The molecular weight excluding hydrogens is 513 g/mol. The van der Waals surface area contributed by atoms with Crippen LogP contribution in [0.25, 0.3) is 11.4 Å². The fraction of sp³-hybridized carbons (Fsp3) is 0.375. The Balaban J connectivity index is 0.00000289. The van der Waals surface area contributed by atoms with Crippen LogP contribution in [0.4, 0.5) is 0 Å². The second-order valence-electron chi connectivity index (χ2n) is 7.79. The number of guanidine groups is 1. The maximum absolute atomic E-state index is 4.53. The van der Waals surface area contributed by atoms with E-state index in [4.69, 9.17) is 0 Å². The molecule has 1 fully saturated rings. The summed E-state index contributed by atoms with van der Waals surface area (Å²) in [5.41, 5.74) is 3.63. The molecule has 0 amide bonds. The van der Waals surface area contributed by atoms with E-state index in [1.54, 1.807) is 0 Å². The molecule has 1 aliphatic heterocycles. The summed E-state index contributed by atoms with van der Waals surface area (Å²) in [6, 6.07) is 19.7. The second-order valence-corrected chi connectivity index (χ2v) is 7.79. The topological polar surface area (TPSA) is 72.4 Å². The highest BCUT2D eigenvalue weighted by molar-refractivity contribution is 14.0. The number of hydrogen-bond acceptors (Lipinski definition) is 4. The number of nitrogens with zero attached hydrogens (tertiary/aromatic N) is 5. The number of rotatable bonds is 6. The number of piperazine rings is 1. The average molecular weight is 545 g/mol. The fourth-order valence-corrected chi connectivity index (χ4v) is 4.31. The van der Waals surface area contributed by atoms with Crippen molar-refractivity contribution in [3.63, 3.8) is 0 Å². The van der Waals surface area contributed by atoms with E-state index in [-0.39, 0.29) is 24.0 Å². The molecule has 0 bridgehead atoms. The maximum Gasteiger partial charge on any atom is 0.194 e. The van der Waals surface area contributed by atoms with Crippen molar-refractivity contribution < 1.29 is 0 Å². The van der Waals surface area contributed by atoms with Gasteiger partial charge in [-0.3, -0.25) is 15.0 Å². The van der Waals surface area contributed by atoms with Gasteiger partial charge in [0, 0.05) is 51.4 Å². The molecule has 0 aliphatic carbocycles. The quantitative estimate of drug-likeness (QED) is 0.279. The highest BCUT2D eigenvalue weighted by atomic mass is 127. The van der Waals surface area contributed by atoms with E-state index in [0.717, 1.165) is 56.5 Å². The first-order valence-electron chi connectivity index (χ1n) is 11.0. The molecule has 3 aromatic rings. The van der Waals surface area contributed by atoms with Crippen LogP contribution < -0.4 is 5.32 Å². The molecule has 1 saturated heterocycles. The first kappa shape index (κ1) is 24.2. The molecule has 0 spiro atoms. The zero-order chi connectivity index (χ0) is 21.5.